The lowest BCUT2D eigenvalue weighted by Gasteiger charge is -2.10. The molecule has 4 aromatic rings. The number of rotatable bonds is 6. The highest BCUT2D eigenvalue weighted by Crippen LogP contribution is 2.26. The highest BCUT2D eigenvalue weighted by molar-refractivity contribution is 5.91. The molecule has 1 amide bonds. The Hall–Kier alpha value is -3.70. The predicted octanol–water partition coefficient (Wildman–Crippen LogP) is 4.46. The monoisotopic (exact) mass is 383 g/mol. The fraction of sp³-hybridized carbons (Fsp3) is 0.0833. The van der Waals surface area contributed by atoms with Crippen molar-refractivity contribution in [2.45, 2.75) is 13.0 Å². The SMILES string of the molecule is O=C(/C=C/c1ccc2c(c1)nc(-c1ccccc1)n2CCc1ccccc1)NO. The number of imidazole rings is 1. The largest absolute Gasteiger partial charge is 0.324 e. The molecule has 0 saturated carbocycles. The van der Waals surface area contributed by atoms with Crippen molar-refractivity contribution in [1.82, 2.24) is 15.0 Å². The summed E-state index contributed by atoms with van der Waals surface area (Å²) in [6.07, 6.45) is 3.84. The first-order chi connectivity index (χ1) is 14.2. The lowest BCUT2D eigenvalue weighted by atomic mass is 10.1. The maximum Gasteiger partial charge on any atom is 0.267 e. The summed E-state index contributed by atoms with van der Waals surface area (Å²) in [5, 5.41) is 8.64. The summed E-state index contributed by atoms with van der Waals surface area (Å²) in [6.45, 7) is 0.812. The van der Waals surface area contributed by atoms with Crippen LogP contribution in [0, 0.1) is 0 Å². The standard InChI is InChI=1S/C24H21N3O2/c28-23(26-29)14-12-19-11-13-22-21(17-19)25-24(20-9-5-2-6-10-20)27(22)16-15-18-7-3-1-4-8-18/h1-14,17,29H,15-16H2,(H,26,28)/b14-12+. The van der Waals surface area contributed by atoms with Crippen molar-refractivity contribution < 1.29 is 10.0 Å². The third kappa shape index (κ3) is 4.25. The van der Waals surface area contributed by atoms with E-state index in [1.165, 1.54) is 11.6 Å². The van der Waals surface area contributed by atoms with Crippen LogP contribution in [0.15, 0.2) is 84.9 Å². The fourth-order valence-electron chi connectivity index (χ4n) is 3.38. The van der Waals surface area contributed by atoms with E-state index in [1.807, 2.05) is 42.5 Å². The molecule has 144 valence electrons. The molecule has 0 aliphatic carbocycles. The molecule has 0 radical (unpaired) electrons. The molecule has 4 rings (SSSR count). The van der Waals surface area contributed by atoms with Crippen molar-refractivity contribution in [1.29, 1.82) is 0 Å². The summed E-state index contributed by atoms with van der Waals surface area (Å²) in [5.41, 5.74) is 6.69. The van der Waals surface area contributed by atoms with Gasteiger partial charge in [0.1, 0.15) is 5.82 Å². The van der Waals surface area contributed by atoms with Gasteiger partial charge in [0.05, 0.1) is 11.0 Å². The third-order valence-electron chi connectivity index (χ3n) is 4.81. The van der Waals surface area contributed by atoms with Gasteiger partial charge in [0, 0.05) is 18.2 Å². The maximum atomic E-state index is 11.2. The molecule has 0 atom stereocenters. The van der Waals surface area contributed by atoms with Crippen LogP contribution in [0.5, 0.6) is 0 Å². The van der Waals surface area contributed by atoms with Gasteiger partial charge >= 0.3 is 0 Å². The molecular formula is C24H21N3O2. The van der Waals surface area contributed by atoms with Crippen molar-refractivity contribution >= 4 is 23.0 Å². The van der Waals surface area contributed by atoms with E-state index in [0.29, 0.717) is 0 Å². The number of carbonyl (C=O) groups excluding carboxylic acids is 1. The van der Waals surface area contributed by atoms with Gasteiger partial charge in [0.2, 0.25) is 0 Å². The van der Waals surface area contributed by atoms with Crippen LogP contribution >= 0.6 is 0 Å². The Labute approximate surface area is 168 Å². The van der Waals surface area contributed by atoms with Gasteiger partial charge in [-0.1, -0.05) is 66.7 Å². The first-order valence-corrected chi connectivity index (χ1v) is 9.46. The number of aromatic nitrogens is 2. The Kier molecular flexibility index (Phi) is 5.49. The lowest BCUT2D eigenvalue weighted by molar-refractivity contribution is -0.124. The first kappa shape index (κ1) is 18.7. The van der Waals surface area contributed by atoms with E-state index < -0.39 is 5.91 Å². The summed E-state index contributed by atoms with van der Waals surface area (Å²) < 4.78 is 2.24. The second-order valence-corrected chi connectivity index (χ2v) is 6.75. The van der Waals surface area contributed by atoms with Crippen LogP contribution in [0.2, 0.25) is 0 Å². The average Bonchev–Trinajstić information content (AvgIpc) is 3.15. The normalized spacial score (nSPS) is 11.2. The van der Waals surface area contributed by atoms with Crippen LogP contribution in [0.1, 0.15) is 11.1 Å². The van der Waals surface area contributed by atoms with Gasteiger partial charge in [-0.25, -0.2) is 10.5 Å². The Bertz CT molecular complexity index is 1150. The highest BCUT2D eigenvalue weighted by atomic mass is 16.5. The number of nitrogens with one attached hydrogen (secondary N) is 1. The topological polar surface area (TPSA) is 67.2 Å². The number of carbonyl (C=O) groups is 1. The molecule has 5 heteroatoms. The fourth-order valence-corrected chi connectivity index (χ4v) is 3.38. The molecule has 0 bridgehead atoms. The third-order valence-corrected chi connectivity index (χ3v) is 4.81. The number of fused-ring (bicyclic) bond motifs is 1. The molecular weight excluding hydrogens is 362 g/mol. The predicted molar refractivity (Wildman–Crippen MR) is 114 cm³/mol. The zero-order valence-corrected chi connectivity index (χ0v) is 15.8. The van der Waals surface area contributed by atoms with Crippen molar-refractivity contribution in [2.24, 2.45) is 0 Å². The van der Waals surface area contributed by atoms with Gasteiger partial charge in [-0.2, -0.15) is 0 Å². The molecule has 0 unspecified atom stereocenters. The van der Waals surface area contributed by atoms with Crippen molar-refractivity contribution in [3.05, 3.63) is 96.1 Å². The number of hydrogen-bond acceptors (Lipinski definition) is 3. The molecule has 1 heterocycles. The maximum absolute atomic E-state index is 11.2. The average molecular weight is 383 g/mol. The van der Waals surface area contributed by atoms with Gasteiger partial charge in [-0.3, -0.25) is 10.0 Å². The van der Waals surface area contributed by atoms with E-state index >= 15 is 0 Å². The number of aryl methyl sites for hydroxylation is 2. The van der Waals surface area contributed by atoms with Crippen LogP contribution in [-0.4, -0.2) is 20.7 Å². The van der Waals surface area contributed by atoms with E-state index in [1.54, 1.807) is 11.6 Å². The minimum Gasteiger partial charge on any atom is -0.324 e. The molecule has 2 N–H and O–H groups in total. The van der Waals surface area contributed by atoms with E-state index in [4.69, 9.17) is 10.2 Å². The zero-order valence-electron chi connectivity index (χ0n) is 15.8. The van der Waals surface area contributed by atoms with Crippen LogP contribution in [0.25, 0.3) is 28.5 Å². The Morgan fingerprint density at radius 3 is 2.45 bits per heavy atom. The molecule has 5 nitrogen and oxygen atoms in total. The number of nitrogens with zero attached hydrogens (tertiary/aromatic N) is 2. The quantitative estimate of drug-likeness (QED) is 0.293. The summed E-state index contributed by atoms with van der Waals surface area (Å²) >= 11 is 0. The summed E-state index contributed by atoms with van der Waals surface area (Å²) in [7, 11) is 0. The van der Waals surface area contributed by atoms with E-state index in [0.717, 1.165) is 41.0 Å². The van der Waals surface area contributed by atoms with Gasteiger partial charge in [-0.05, 0) is 35.8 Å². The van der Waals surface area contributed by atoms with Crippen LogP contribution in [-0.2, 0) is 17.8 Å². The zero-order chi connectivity index (χ0) is 20.1. The minimum absolute atomic E-state index is 0.566. The molecule has 0 aliphatic rings. The molecule has 0 spiro atoms. The summed E-state index contributed by atoms with van der Waals surface area (Å²) in [4.78, 5) is 16.1. The van der Waals surface area contributed by atoms with Crippen molar-refractivity contribution in [3.8, 4) is 11.4 Å². The number of benzene rings is 3. The Morgan fingerprint density at radius 1 is 1.00 bits per heavy atom. The second kappa shape index (κ2) is 8.54. The molecule has 3 aromatic carbocycles. The summed E-state index contributed by atoms with van der Waals surface area (Å²) in [5.74, 6) is 0.356. The van der Waals surface area contributed by atoms with Crippen LogP contribution in [0.4, 0.5) is 0 Å². The van der Waals surface area contributed by atoms with Gasteiger partial charge < -0.3 is 4.57 Å². The Balaban J connectivity index is 1.74. The smallest absolute Gasteiger partial charge is 0.267 e. The number of hydrogen-bond donors (Lipinski definition) is 2. The van der Waals surface area contributed by atoms with E-state index in [2.05, 4.69) is 41.0 Å². The van der Waals surface area contributed by atoms with Gasteiger partial charge in [0.25, 0.3) is 5.91 Å². The number of amides is 1. The molecule has 0 saturated heterocycles. The molecule has 0 fully saturated rings. The highest BCUT2D eigenvalue weighted by Gasteiger charge is 2.13. The van der Waals surface area contributed by atoms with Gasteiger partial charge in [-0.15, -0.1) is 0 Å². The van der Waals surface area contributed by atoms with Crippen molar-refractivity contribution in [2.75, 3.05) is 0 Å². The van der Waals surface area contributed by atoms with E-state index in [9.17, 15) is 4.79 Å². The van der Waals surface area contributed by atoms with Crippen molar-refractivity contribution in [3.63, 3.8) is 0 Å². The van der Waals surface area contributed by atoms with Crippen LogP contribution < -0.4 is 5.48 Å². The Morgan fingerprint density at radius 2 is 1.72 bits per heavy atom. The lowest BCUT2D eigenvalue weighted by Crippen LogP contribution is -2.14. The van der Waals surface area contributed by atoms with E-state index in [-0.39, 0.29) is 0 Å². The van der Waals surface area contributed by atoms with Crippen LogP contribution in [0.3, 0.4) is 0 Å². The second-order valence-electron chi connectivity index (χ2n) is 6.75. The minimum atomic E-state index is -0.566. The molecule has 0 aliphatic heterocycles. The molecule has 29 heavy (non-hydrogen) atoms. The molecule has 1 aromatic heterocycles. The number of hydroxylamine groups is 1. The van der Waals surface area contributed by atoms with Gasteiger partial charge in [0.15, 0.2) is 0 Å². The summed E-state index contributed by atoms with van der Waals surface area (Å²) in [6, 6.07) is 26.5. The first-order valence-electron chi connectivity index (χ1n) is 9.46.